The number of halogens is 2. The van der Waals surface area contributed by atoms with E-state index in [1.54, 1.807) is 31.3 Å². The summed E-state index contributed by atoms with van der Waals surface area (Å²) in [5.41, 5.74) is 11.4. The summed E-state index contributed by atoms with van der Waals surface area (Å²) in [6, 6.07) is 9.24. The minimum absolute atomic E-state index is 0.0741. The van der Waals surface area contributed by atoms with E-state index in [2.05, 4.69) is 15.7 Å². The molecule has 9 heteroatoms. The van der Waals surface area contributed by atoms with Gasteiger partial charge in [-0.15, -0.1) is 0 Å². The number of rotatable bonds is 7. The molecule has 0 aliphatic carbocycles. The fourth-order valence-electron chi connectivity index (χ4n) is 3.07. The zero-order valence-corrected chi connectivity index (χ0v) is 18.0. The first-order valence-corrected chi connectivity index (χ1v) is 10.00. The zero-order valence-electron chi connectivity index (χ0n) is 17.2. The van der Waals surface area contributed by atoms with Gasteiger partial charge in [0.25, 0.3) is 5.56 Å². The molecule has 0 atom stereocenters. The van der Waals surface area contributed by atoms with E-state index < -0.39 is 5.82 Å². The van der Waals surface area contributed by atoms with Gasteiger partial charge in [-0.1, -0.05) is 17.7 Å². The monoisotopic (exact) mass is 443 g/mol. The van der Waals surface area contributed by atoms with E-state index >= 15 is 0 Å². The van der Waals surface area contributed by atoms with Crippen LogP contribution in [0.1, 0.15) is 27.9 Å². The van der Waals surface area contributed by atoms with E-state index in [-0.39, 0.29) is 31.0 Å². The summed E-state index contributed by atoms with van der Waals surface area (Å²) in [6.45, 7) is 4.02. The van der Waals surface area contributed by atoms with Gasteiger partial charge in [0.05, 0.1) is 13.0 Å². The fourth-order valence-corrected chi connectivity index (χ4v) is 3.25. The molecule has 0 spiro atoms. The van der Waals surface area contributed by atoms with Gasteiger partial charge in [-0.2, -0.15) is 0 Å². The quantitative estimate of drug-likeness (QED) is 0.521. The molecule has 0 radical (unpaired) electrons. The molecule has 1 aromatic carbocycles. The van der Waals surface area contributed by atoms with Gasteiger partial charge in [0.2, 0.25) is 5.91 Å². The first-order valence-electron chi connectivity index (χ1n) is 9.62. The maximum atomic E-state index is 13.4. The average Bonchev–Trinajstić information content (AvgIpc) is 2.72. The van der Waals surface area contributed by atoms with Gasteiger partial charge in [-0.25, -0.2) is 14.1 Å². The van der Waals surface area contributed by atoms with Crippen molar-refractivity contribution in [3.63, 3.8) is 0 Å². The lowest BCUT2D eigenvalue weighted by Gasteiger charge is -2.14. The Labute approximate surface area is 184 Å². The van der Waals surface area contributed by atoms with Gasteiger partial charge >= 0.3 is 0 Å². The van der Waals surface area contributed by atoms with E-state index in [4.69, 9.17) is 17.3 Å². The van der Waals surface area contributed by atoms with Crippen LogP contribution in [0.5, 0.6) is 0 Å². The number of aromatic nitrogens is 2. The van der Waals surface area contributed by atoms with Crippen LogP contribution in [0.2, 0.25) is 5.02 Å². The lowest BCUT2D eigenvalue weighted by atomic mass is 10.1. The van der Waals surface area contributed by atoms with Crippen molar-refractivity contribution < 1.29 is 9.18 Å². The molecular weight excluding hydrogens is 421 g/mol. The summed E-state index contributed by atoms with van der Waals surface area (Å²) in [5.74, 6) is -0.288. The van der Waals surface area contributed by atoms with Gasteiger partial charge in [-0.3, -0.25) is 9.59 Å². The normalized spacial score (nSPS) is 10.7. The predicted octanol–water partition coefficient (Wildman–Crippen LogP) is 2.84. The Hall–Kier alpha value is -3.39. The third-order valence-corrected chi connectivity index (χ3v) is 5.27. The molecule has 0 unspecified atom stereocenters. The van der Waals surface area contributed by atoms with Crippen molar-refractivity contribution in [3.05, 3.63) is 91.7 Å². The Bertz CT molecular complexity index is 1180. The Morgan fingerprint density at radius 2 is 1.94 bits per heavy atom. The van der Waals surface area contributed by atoms with E-state index in [0.717, 1.165) is 11.3 Å². The molecule has 0 fully saturated rings. The van der Waals surface area contributed by atoms with Gasteiger partial charge < -0.3 is 16.5 Å². The second-order valence-electron chi connectivity index (χ2n) is 7.16. The third kappa shape index (κ3) is 5.61. The lowest BCUT2D eigenvalue weighted by Crippen LogP contribution is -2.34. The topological polar surface area (TPSA) is 102 Å². The number of nitrogens with two attached hydrogens (primary N) is 1. The highest BCUT2D eigenvalue weighted by Gasteiger charge is 2.13. The van der Waals surface area contributed by atoms with Crippen molar-refractivity contribution >= 4 is 23.3 Å². The highest BCUT2D eigenvalue weighted by atomic mass is 35.5. The number of nitrogens with one attached hydrogen (secondary N) is 2. The van der Waals surface area contributed by atoms with Crippen molar-refractivity contribution in [2.45, 2.75) is 33.4 Å². The van der Waals surface area contributed by atoms with Crippen molar-refractivity contribution in [2.75, 3.05) is 11.2 Å². The second-order valence-corrected chi connectivity index (χ2v) is 7.56. The number of hydrogen-bond donors (Lipinski definition) is 3. The average molecular weight is 444 g/mol. The minimum Gasteiger partial charge on any atom is -0.384 e. The van der Waals surface area contributed by atoms with Crippen molar-refractivity contribution in [2.24, 2.45) is 0 Å². The molecule has 0 saturated carbocycles. The molecule has 2 heterocycles. The van der Waals surface area contributed by atoms with Crippen LogP contribution in [0.15, 0.2) is 47.4 Å². The van der Waals surface area contributed by atoms with E-state index in [9.17, 15) is 14.0 Å². The van der Waals surface area contributed by atoms with E-state index in [0.29, 0.717) is 27.5 Å². The predicted molar refractivity (Wildman–Crippen MR) is 119 cm³/mol. The van der Waals surface area contributed by atoms with Crippen LogP contribution in [0.4, 0.5) is 10.2 Å². The number of nitrogen functional groups attached to an aromatic ring is 1. The zero-order chi connectivity index (χ0) is 22.5. The number of nitrogens with zero attached hydrogens (tertiary/aromatic N) is 2. The second kappa shape index (κ2) is 9.61. The number of amides is 1. The van der Waals surface area contributed by atoms with Crippen LogP contribution in [-0.2, 0) is 24.3 Å². The summed E-state index contributed by atoms with van der Waals surface area (Å²) >= 11 is 6.07. The van der Waals surface area contributed by atoms with Crippen LogP contribution in [-0.4, -0.2) is 15.6 Å². The molecule has 162 valence electrons. The molecule has 31 heavy (non-hydrogen) atoms. The van der Waals surface area contributed by atoms with Crippen molar-refractivity contribution in [3.8, 4) is 0 Å². The Morgan fingerprint density at radius 1 is 1.16 bits per heavy atom. The standard InChI is InChI=1S/C22H23ClFN5O2/c1-13-7-8-29(27-12-16-9-17(24)4-5-19(16)23)22(31)18(13)10-21(30)26-11-15-3-6-20(25)28-14(15)2/h3-9,27H,10-12H2,1-2H3,(H2,25,28)(H,26,30). The van der Waals surface area contributed by atoms with Gasteiger partial charge in [0, 0.05) is 29.0 Å². The lowest BCUT2D eigenvalue weighted by molar-refractivity contribution is -0.120. The van der Waals surface area contributed by atoms with Gasteiger partial charge in [0.15, 0.2) is 0 Å². The summed E-state index contributed by atoms with van der Waals surface area (Å²) in [5, 5.41) is 3.20. The van der Waals surface area contributed by atoms with Gasteiger partial charge in [0.1, 0.15) is 11.6 Å². The number of carbonyl (C=O) groups is 1. The summed E-state index contributed by atoms with van der Waals surface area (Å²) in [7, 11) is 0. The Morgan fingerprint density at radius 3 is 2.68 bits per heavy atom. The van der Waals surface area contributed by atoms with Crippen LogP contribution in [0.25, 0.3) is 0 Å². The van der Waals surface area contributed by atoms with Crippen LogP contribution >= 0.6 is 11.6 Å². The van der Waals surface area contributed by atoms with Crippen molar-refractivity contribution in [1.29, 1.82) is 0 Å². The third-order valence-electron chi connectivity index (χ3n) is 4.90. The number of pyridine rings is 2. The minimum atomic E-state index is -0.415. The molecule has 7 nitrogen and oxygen atoms in total. The highest BCUT2D eigenvalue weighted by Crippen LogP contribution is 2.17. The highest BCUT2D eigenvalue weighted by molar-refractivity contribution is 6.31. The summed E-state index contributed by atoms with van der Waals surface area (Å²) in [6.07, 6.45) is 1.49. The smallest absolute Gasteiger partial charge is 0.272 e. The molecule has 2 aromatic heterocycles. The Kier molecular flexibility index (Phi) is 6.91. The molecule has 0 aliphatic heterocycles. The Balaban J connectivity index is 1.69. The number of aryl methyl sites for hydroxylation is 2. The molecule has 0 aliphatic rings. The molecular formula is C22H23ClFN5O2. The molecule has 0 saturated heterocycles. The maximum Gasteiger partial charge on any atom is 0.272 e. The molecule has 4 N–H and O–H groups in total. The number of benzene rings is 1. The molecule has 3 rings (SSSR count). The van der Waals surface area contributed by atoms with Crippen LogP contribution < -0.4 is 22.0 Å². The van der Waals surface area contributed by atoms with Crippen LogP contribution in [0.3, 0.4) is 0 Å². The number of anilines is 1. The van der Waals surface area contributed by atoms with Crippen LogP contribution in [0, 0.1) is 19.7 Å². The number of hydrogen-bond acceptors (Lipinski definition) is 5. The molecule has 1 amide bonds. The largest absolute Gasteiger partial charge is 0.384 e. The molecule has 3 aromatic rings. The fraction of sp³-hybridized carbons (Fsp3) is 0.227. The molecule has 0 bridgehead atoms. The first-order chi connectivity index (χ1) is 14.7. The van der Waals surface area contributed by atoms with E-state index in [1.165, 1.54) is 22.9 Å². The SMILES string of the molecule is Cc1ccn(NCc2cc(F)ccc2Cl)c(=O)c1CC(=O)NCc1ccc(N)nc1C. The van der Waals surface area contributed by atoms with E-state index in [1.807, 2.05) is 6.92 Å². The maximum absolute atomic E-state index is 13.4. The summed E-state index contributed by atoms with van der Waals surface area (Å²) in [4.78, 5) is 29.5. The van der Waals surface area contributed by atoms with Gasteiger partial charge in [-0.05, 0) is 60.9 Å². The first kappa shape index (κ1) is 22.3. The number of carbonyl (C=O) groups excluding carboxylic acids is 1. The van der Waals surface area contributed by atoms with Crippen molar-refractivity contribution in [1.82, 2.24) is 15.0 Å². The summed E-state index contributed by atoms with van der Waals surface area (Å²) < 4.78 is 14.7.